The number of rotatable bonds is 3. The van der Waals surface area contributed by atoms with Gasteiger partial charge in [-0.2, -0.15) is 0 Å². The number of carboxylic acids is 1. The number of ether oxygens (including phenoxy) is 1. The van der Waals surface area contributed by atoms with Crippen molar-refractivity contribution >= 4 is 17.3 Å². The van der Waals surface area contributed by atoms with Crippen LogP contribution >= 0.6 is 0 Å². The number of anilines is 2. The van der Waals surface area contributed by atoms with Crippen molar-refractivity contribution < 1.29 is 14.6 Å². The average molecular weight is 408 g/mol. The average Bonchev–Trinajstić information content (AvgIpc) is 2.57. The Kier molecular flexibility index (Phi) is 4.75. The van der Waals surface area contributed by atoms with Crippen LogP contribution < -0.4 is 19.6 Å². The molecule has 2 aliphatic heterocycles. The number of aliphatic carboxylic acids is 1. The second-order valence-electron chi connectivity index (χ2n) is 10.3. The molecule has 0 radical (unpaired) electrons. The van der Waals surface area contributed by atoms with Crippen molar-refractivity contribution in [1.29, 1.82) is 0 Å². The minimum Gasteiger partial charge on any atom is -0.550 e. The van der Waals surface area contributed by atoms with Crippen LogP contribution in [0.1, 0.15) is 40.2 Å². The SMILES string of the molecule is CN1CC(C)(C)Oc2cc(C(C)(C)C)cc(-c3cccc(N4CC(C(=O)[O-])C4)c3)c21. The largest absolute Gasteiger partial charge is 0.550 e. The van der Waals surface area contributed by atoms with Gasteiger partial charge in [0.2, 0.25) is 0 Å². The van der Waals surface area contributed by atoms with E-state index in [1.807, 2.05) is 12.1 Å². The van der Waals surface area contributed by atoms with E-state index in [-0.39, 0.29) is 16.9 Å². The molecule has 0 spiro atoms. The van der Waals surface area contributed by atoms with Gasteiger partial charge in [0, 0.05) is 43.3 Å². The van der Waals surface area contributed by atoms with Gasteiger partial charge in [0.1, 0.15) is 11.4 Å². The van der Waals surface area contributed by atoms with Crippen LogP contribution in [0, 0.1) is 5.92 Å². The van der Waals surface area contributed by atoms with Crippen LogP contribution in [0.25, 0.3) is 11.1 Å². The van der Waals surface area contributed by atoms with Crippen LogP contribution in [0.3, 0.4) is 0 Å². The first kappa shape index (κ1) is 20.6. The highest BCUT2D eigenvalue weighted by atomic mass is 16.5. The molecule has 2 heterocycles. The smallest absolute Gasteiger partial charge is 0.144 e. The summed E-state index contributed by atoms with van der Waals surface area (Å²) < 4.78 is 6.41. The first-order chi connectivity index (χ1) is 13.9. The Morgan fingerprint density at radius 2 is 1.87 bits per heavy atom. The molecule has 5 heteroatoms. The van der Waals surface area contributed by atoms with Gasteiger partial charge in [-0.1, -0.05) is 32.9 Å². The minimum absolute atomic E-state index is 0.00983. The second-order valence-corrected chi connectivity index (χ2v) is 10.3. The van der Waals surface area contributed by atoms with Crippen molar-refractivity contribution in [2.75, 3.05) is 36.5 Å². The molecule has 0 saturated carbocycles. The van der Waals surface area contributed by atoms with Crippen LogP contribution in [-0.4, -0.2) is 38.3 Å². The number of benzene rings is 2. The van der Waals surface area contributed by atoms with Crippen molar-refractivity contribution in [1.82, 2.24) is 0 Å². The first-order valence-electron chi connectivity index (χ1n) is 10.6. The third kappa shape index (κ3) is 3.73. The van der Waals surface area contributed by atoms with Crippen LogP contribution in [0.15, 0.2) is 36.4 Å². The molecule has 2 aromatic carbocycles. The lowest BCUT2D eigenvalue weighted by atomic mass is 9.84. The highest BCUT2D eigenvalue weighted by Crippen LogP contribution is 2.46. The number of hydrogen-bond acceptors (Lipinski definition) is 5. The van der Waals surface area contributed by atoms with E-state index in [1.165, 1.54) is 5.56 Å². The van der Waals surface area contributed by atoms with E-state index in [0.717, 1.165) is 34.8 Å². The number of carbonyl (C=O) groups excluding carboxylic acids is 1. The number of hydrogen-bond donors (Lipinski definition) is 0. The van der Waals surface area contributed by atoms with Gasteiger partial charge >= 0.3 is 0 Å². The standard InChI is InChI=1S/C25H32N2O3/c1-24(2,3)18-11-20(22-21(12-18)30-25(4,5)15-26(22)6)16-8-7-9-19(10-16)27-13-17(14-27)23(28)29/h7-12,17H,13-15H2,1-6H3,(H,28,29)/p-1. The van der Waals surface area contributed by atoms with Gasteiger partial charge < -0.3 is 24.4 Å². The third-order valence-corrected chi connectivity index (χ3v) is 6.06. The lowest BCUT2D eigenvalue weighted by Crippen LogP contribution is -2.54. The quantitative estimate of drug-likeness (QED) is 0.780. The highest BCUT2D eigenvalue weighted by Gasteiger charge is 2.34. The maximum Gasteiger partial charge on any atom is 0.144 e. The third-order valence-electron chi connectivity index (χ3n) is 6.06. The lowest BCUT2D eigenvalue weighted by Gasteiger charge is -2.42. The van der Waals surface area contributed by atoms with Gasteiger partial charge in [-0.25, -0.2) is 0 Å². The van der Waals surface area contributed by atoms with E-state index in [9.17, 15) is 9.90 Å². The van der Waals surface area contributed by atoms with Gasteiger partial charge in [0.15, 0.2) is 0 Å². The molecule has 30 heavy (non-hydrogen) atoms. The zero-order valence-corrected chi connectivity index (χ0v) is 18.8. The van der Waals surface area contributed by atoms with E-state index in [4.69, 9.17) is 4.74 Å². The molecule has 4 rings (SSSR count). The molecule has 1 fully saturated rings. The predicted octanol–water partition coefficient (Wildman–Crippen LogP) is 3.44. The van der Waals surface area contributed by atoms with Crippen molar-refractivity contribution in [2.24, 2.45) is 5.92 Å². The van der Waals surface area contributed by atoms with E-state index in [2.05, 4.69) is 75.7 Å². The number of likely N-dealkylation sites (N-methyl/N-ethyl adjacent to an activating group) is 1. The van der Waals surface area contributed by atoms with E-state index in [1.54, 1.807) is 0 Å². The molecule has 0 atom stereocenters. The number of carboxylic acid groups (broad SMARTS) is 1. The van der Waals surface area contributed by atoms with Crippen molar-refractivity contribution in [3.8, 4) is 16.9 Å². The van der Waals surface area contributed by atoms with Crippen molar-refractivity contribution in [3.63, 3.8) is 0 Å². The summed E-state index contributed by atoms with van der Waals surface area (Å²) in [5.74, 6) is -0.425. The normalized spacial score (nSPS) is 18.5. The summed E-state index contributed by atoms with van der Waals surface area (Å²) in [5.41, 5.74) is 5.37. The Labute approximate surface area is 179 Å². The molecule has 5 nitrogen and oxygen atoms in total. The summed E-state index contributed by atoms with van der Waals surface area (Å²) in [7, 11) is 2.12. The summed E-state index contributed by atoms with van der Waals surface area (Å²) in [6, 6.07) is 12.8. The highest BCUT2D eigenvalue weighted by molar-refractivity contribution is 5.86. The molecular formula is C25H31N2O3-. The fourth-order valence-electron chi connectivity index (χ4n) is 4.42. The van der Waals surface area contributed by atoms with Gasteiger partial charge in [-0.05, 0) is 54.7 Å². The van der Waals surface area contributed by atoms with E-state index < -0.39 is 5.97 Å². The lowest BCUT2D eigenvalue weighted by molar-refractivity contribution is -0.312. The molecule has 0 aromatic heterocycles. The van der Waals surface area contributed by atoms with Gasteiger partial charge in [-0.15, -0.1) is 0 Å². The van der Waals surface area contributed by atoms with Crippen LogP contribution in [0.4, 0.5) is 11.4 Å². The second kappa shape index (κ2) is 6.93. The Hall–Kier alpha value is -2.69. The molecular weight excluding hydrogens is 376 g/mol. The molecule has 1 saturated heterocycles. The Balaban J connectivity index is 1.79. The van der Waals surface area contributed by atoms with Gasteiger partial charge in [0.05, 0.1) is 12.2 Å². The predicted molar refractivity (Wildman–Crippen MR) is 119 cm³/mol. The summed E-state index contributed by atoms with van der Waals surface area (Å²) >= 11 is 0. The van der Waals surface area contributed by atoms with Crippen molar-refractivity contribution in [2.45, 2.75) is 45.6 Å². The Morgan fingerprint density at radius 3 is 2.50 bits per heavy atom. The summed E-state index contributed by atoms with van der Waals surface area (Å²) in [6.45, 7) is 12.7. The maximum atomic E-state index is 11.1. The fraction of sp³-hybridized carbons (Fsp3) is 0.480. The Morgan fingerprint density at radius 1 is 1.17 bits per heavy atom. The van der Waals surface area contributed by atoms with Gasteiger partial charge in [-0.3, -0.25) is 0 Å². The van der Waals surface area contributed by atoms with E-state index in [0.29, 0.717) is 13.1 Å². The van der Waals surface area contributed by atoms with Crippen molar-refractivity contribution in [3.05, 3.63) is 42.0 Å². The Bertz CT molecular complexity index is 984. The first-order valence-corrected chi connectivity index (χ1v) is 10.6. The molecule has 160 valence electrons. The van der Waals surface area contributed by atoms with Gasteiger partial charge in [0.25, 0.3) is 0 Å². The van der Waals surface area contributed by atoms with Crippen LogP contribution in [0.5, 0.6) is 5.75 Å². The molecule has 0 N–H and O–H groups in total. The van der Waals surface area contributed by atoms with E-state index >= 15 is 0 Å². The molecule has 0 unspecified atom stereocenters. The molecule has 0 aliphatic carbocycles. The minimum atomic E-state index is -0.962. The zero-order valence-electron chi connectivity index (χ0n) is 18.8. The van der Waals surface area contributed by atoms with Crippen LogP contribution in [-0.2, 0) is 10.2 Å². The summed E-state index contributed by atoms with van der Waals surface area (Å²) in [5, 5.41) is 11.1. The number of nitrogens with zero attached hydrogens (tertiary/aromatic N) is 2. The number of carbonyl (C=O) groups is 1. The topological polar surface area (TPSA) is 55.8 Å². The molecule has 2 aliphatic rings. The van der Waals surface area contributed by atoms with Crippen LogP contribution in [0.2, 0.25) is 0 Å². The number of fused-ring (bicyclic) bond motifs is 1. The zero-order chi connectivity index (χ0) is 21.8. The summed E-state index contributed by atoms with van der Waals surface area (Å²) in [4.78, 5) is 15.4. The molecule has 2 aromatic rings. The summed E-state index contributed by atoms with van der Waals surface area (Å²) in [6.07, 6.45) is 0. The monoisotopic (exact) mass is 407 g/mol. The maximum absolute atomic E-state index is 11.1. The molecule has 0 amide bonds. The molecule has 0 bridgehead atoms. The fourth-order valence-corrected chi connectivity index (χ4v) is 4.42.